The second kappa shape index (κ2) is 9.44. The summed E-state index contributed by atoms with van der Waals surface area (Å²) >= 11 is 0. The fraction of sp³-hybridized carbons (Fsp3) is 0.400. The summed E-state index contributed by atoms with van der Waals surface area (Å²) in [7, 11) is 5.12. The molecule has 0 saturated carbocycles. The van der Waals surface area contributed by atoms with Crippen molar-refractivity contribution >= 4 is 23.6 Å². The van der Waals surface area contributed by atoms with Crippen LogP contribution in [0.25, 0.3) is 0 Å². The molecule has 1 aromatic rings. The molecule has 0 bridgehead atoms. The number of methoxy groups -OCH3 is 4. The summed E-state index contributed by atoms with van der Waals surface area (Å²) in [6.07, 6.45) is -1.04. The van der Waals surface area contributed by atoms with Gasteiger partial charge < -0.3 is 24.1 Å². The lowest BCUT2D eigenvalue weighted by atomic mass is 9.74. The minimum atomic E-state index is -1.21. The molecule has 1 N–H and O–H groups in total. The minimum Gasteiger partial charge on any atom is -0.481 e. The number of benzene rings is 1. The van der Waals surface area contributed by atoms with Crippen molar-refractivity contribution in [2.75, 3.05) is 28.4 Å². The first-order valence-corrected chi connectivity index (χ1v) is 8.65. The van der Waals surface area contributed by atoms with Crippen LogP contribution in [0.1, 0.15) is 28.8 Å². The van der Waals surface area contributed by atoms with E-state index < -0.39 is 36.0 Å². The van der Waals surface area contributed by atoms with E-state index in [0.29, 0.717) is 5.56 Å². The van der Waals surface area contributed by atoms with Gasteiger partial charge in [-0.25, -0.2) is 9.59 Å². The molecule has 0 radical (unpaired) electrons. The molecule has 0 aromatic heterocycles. The second-order valence-corrected chi connectivity index (χ2v) is 6.22. The molecular formula is C20H23NO8. The Morgan fingerprint density at radius 1 is 1.00 bits per heavy atom. The lowest BCUT2D eigenvalue weighted by Gasteiger charge is -2.33. The Hall–Kier alpha value is -3.04. The highest BCUT2D eigenvalue weighted by Gasteiger charge is 2.45. The SMILES string of the molecule is COC(=O)C1=C(C(OC)OC)N=C(C)C(C(=O)O)C1c1ccccc1C(=O)OC. The van der Waals surface area contributed by atoms with Gasteiger partial charge in [0.2, 0.25) is 6.29 Å². The molecule has 156 valence electrons. The zero-order chi connectivity index (χ0) is 21.7. The normalized spacial score (nSPS) is 19.0. The number of hydrogen-bond acceptors (Lipinski definition) is 8. The average Bonchev–Trinajstić information content (AvgIpc) is 2.72. The molecule has 2 unspecified atom stereocenters. The van der Waals surface area contributed by atoms with Crippen molar-refractivity contribution in [2.24, 2.45) is 10.9 Å². The van der Waals surface area contributed by atoms with Crippen molar-refractivity contribution in [3.8, 4) is 0 Å². The maximum Gasteiger partial charge on any atom is 0.338 e. The molecule has 2 atom stereocenters. The lowest BCUT2D eigenvalue weighted by Crippen LogP contribution is -2.38. The second-order valence-electron chi connectivity index (χ2n) is 6.22. The van der Waals surface area contributed by atoms with Gasteiger partial charge in [-0.2, -0.15) is 0 Å². The third-order valence-electron chi connectivity index (χ3n) is 4.69. The van der Waals surface area contributed by atoms with E-state index in [-0.39, 0.29) is 22.5 Å². The Morgan fingerprint density at radius 3 is 2.10 bits per heavy atom. The largest absolute Gasteiger partial charge is 0.481 e. The summed E-state index contributed by atoms with van der Waals surface area (Å²) in [4.78, 5) is 41.5. The maximum atomic E-state index is 12.8. The lowest BCUT2D eigenvalue weighted by molar-refractivity contribution is -0.140. The molecule has 9 nitrogen and oxygen atoms in total. The molecule has 1 heterocycles. The van der Waals surface area contributed by atoms with Crippen LogP contribution in [0.3, 0.4) is 0 Å². The van der Waals surface area contributed by atoms with Gasteiger partial charge in [0.1, 0.15) is 11.6 Å². The molecule has 2 rings (SSSR count). The minimum absolute atomic E-state index is 0.0597. The van der Waals surface area contributed by atoms with Crippen molar-refractivity contribution in [3.05, 3.63) is 46.7 Å². The summed E-state index contributed by atoms with van der Waals surface area (Å²) in [6.45, 7) is 1.53. The van der Waals surface area contributed by atoms with Crippen LogP contribution in [0, 0.1) is 5.92 Å². The number of carboxylic acids is 1. The van der Waals surface area contributed by atoms with E-state index in [1.54, 1.807) is 18.2 Å². The Labute approximate surface area is 167 Å². The fourth-order valence-corrected chi connectivity index (χ4v) is 3.45. The smallest absolute Gasteiger partial charge is 0.338 e. The molecule has 1 aliphatic rings. The first-order chi connectivity index (χ1) is 13.8. The molecule has 0 saturated heterocycles. The van der Waals surface area contributed by atoms with Gasteiger partial charge in [0, 0.05) is 25.8 Å². The van der Waals surface area contributed by atoms with Crippen LogP contribution >= 0.6 is 0 Å². The monoisotopic (exact) mass is 405 g/mol. The molecule has 0 aliphatic carbocycles. The van der Waals surface area contributed by atoms with Crippen LogP contribution in [0.4, 0.5) is 0 Å². The number of hydrogen-bond donors (Lipinski definition) is 1. The zero-order valence-corrected chi connectivity index (χ0v) is 16.8. The Morgan fingerprint density at radius 2 is 1.59 bits per heavy atom. The number of rotatable bonds is 7. The number of nitrogens with zero attached hydrogens (tertiary/aromatic N) is 1. The molecular weight excluding hydrogens is 382 g/mol. The highest BCUT2D eigenvalue weighted by Crippen LogP contribution is 2.42. The third-order valence-corrected chi connectivity index (χ3v) is 4.69. The maximum absolute atomic E-state index is 12.8. The molecule has 1 aromatic carbocycles. The molecule has 9 heteroatoms. The molecule has 29 heavy (non-hydrogen) atoms. The van der Waals surface area contributed by atoms with Gasteiger partial charge in [-0.3, -0.25) is 9.79 Å². The third kappa shape index (κ3) is 4.20. The number of carbonyl (C=O) groups is 3. The molecule has 0 amide bonds. The van der Waals surface area contributed by atoms with E-state index in [0.717, 1.165) is 0 Å². The zero-order valence-electron chi connectivity index (χ0n) is 16.8. The average molecular weight is 405 g/mol. The van der Waals surface area contributed by atoms with Crippen molar-refractivity contribution in [2.45, 2.75) is 19.1 Å². The first-order valence-electron chi connectivity index (χ1n) is 8.65. The number of esters is 2. The summed E-state index contributed by atoms with van der Waals surface area (Å²) in [5, 5.41) is 9.90. The van der Waals surface area contributed by atoms with E-state index in [4.69, 9.17) is 18.9 Å². The Kier molecular flexibility index (Phi) is 7.24. The summed E-state index contributed by atoms with van der Waals surface area (Å²) in [5.41, 5.74) is 0.680. The van der Waals surface area contributed by atoms with E-state index in [1.807, 2.05) is 0 Å². The standard InChI is InChI=1S/C20H23NO8/c1-10-13(17(22)23)14(11-8-6-7-9-12(11)18(24)26-2)15(19(25)27-3)16(21-10)20(28-4)29-5/h6-9,13-14,20H,1-5H3,(H,22,23). The van der Waals surface area contributed by atoms with Crippen molar-refractivity contribution < 1.29 is 38.4 Å². The molecule has 0 spiro atoms. The first kappa shape index (κ1) is 22.3. The van der Waals surface area contributed by atoms with Gasteiger partial charge in [0.05, 0.1) is 25.4 Å². The molecule has 1 aliphatic heterocycles. The topological polar surface area (TPSA) is 121 Å². The van der Waals surface area contributed by atoms with E-state index >= 15 is 0 Å². The number of ether oxygens (including phenoxy) is 4. The van der Waals surface area contributed by atoms with Gasteiger partial charge in [0.25, 0.3) is 0 Å². The van der Waals surface area contributed by atoms with Crippen molar-refractivity contribution in [1.29, 1.82) is 0 Å². The highest BCUT2D eigenvalue weighted by molar-refractivity contribution is 6.07. The predicted molar refractivity (Wildman–Crippen MR) is 102 cm³/mol. The van der Waals surface area contributed by atoms with Crippen molar-refractivity contribution in [3.63, 3.8) is 0 Å². The van der Waals surface area contributed by atoms with Gasteiger partial charge in [-0.1, -0.05) is 18.2 Å². The number of aliphatic imine (C=N–C) groups is 1. The van der Waals surface area contributed by atoms with E-state index in [1.165, 1.54) is 41.4 Å². The van der Waals surface area contributed by atoms with Crippen molar-refractivity contribution in [1.82, 2.24) is 0 Å². The Balaban J connectivity index is 2.89. The van der Waals surface area contributed by atoms with Crippen LogP contribution in [0.2, 0.25) is 0 Å². The van der Waals surface area contributed by atoms with Crippen LogP contribution in [0.5, 0.6) is 0 Å². The molecule has 0 fully saturated rings. The predicted octanol–water partition coefficient (Wildman–Crippen LogP) is 1.78. The van der Waals surface area contributed by atoms with Gasteiger partial charge in [-0.05, 0) is 18.6 Å². The quantitative estimate of drug-likeness (QED) is 0.538. The van der Waals surface area contributed by atoms with Gasteiger partial charge in [0.15, 0.2) is 0 Å². The van der Waals surface area contributed by atoms with E-state index in [9.17, 15) is 19.5 Å². The van der Waals surface area contributed by atoms with Crippen LogP contribution in [-0.2, 0) is 28.5 Å². The summed E-state index contributed by atoms with van der Waals surface area (Å²) in [5.74, 6) is -4.96. The number of carboxylic acid groups (broad SMARTS) is 1. The summed E-state index contributed by atoms with van der Waals surface area (Å²) in [6, 6.07) is 6.33. The fourth-order valence-electron chi connectivity index (χ4n) is 3.45. The van der Waals surface area contributed by atoms with Crippen LogP contribution in [0.15, 0.2) is 40.5 Å². The van der Waals surface area contributed by atoms with Crippen LogP contribution < -0.4 is 0 Å². The van der Waals surface area contributed by atoms with Crippen LogP contribution in [-0.4, -0.2) is 63.5 Å². The Bertz CT molecular complexity index is 869. The van der Waals surface area contributed by atoms with E-state index in [2.05, 4.69) is 4.99 Å². The van der Waals surface area contributed by atoms with Gasteiger partial charge >= 0.3 is 17.9 Å². The summed E-state index contributed by atoms with van der Waals surface area (Å²) < 4.78 is 20.3. The van der Waals surface area contributed by atoms with Gasteiger partial charge in [-0.15, -0.1) is 0 Å². The number of aliphatic carboxylic acids is 1. The number of carbonyl (C=O) groups excluding carboxylic acids is 2. The highest BCUT2D eigenvalue weighted by atomic mass is 16.7.